The largest absolute Gasteiger partial charge is 0.347 e. The van der Waals surface area contributed by atoms with Gasteiger partial charge in [0.1, 0.15) is 11.4 Å². The van der Waals surface area contributed by atoms with Crippen molar-refractivity contribution in [1.82, 2.24) is 9.99 Å². The van der Waals surface area contributed by atoms with E-state index in [-0.39, 0.29) is 16.6 Å². The lowest BCUT2D eigenvalue weighted by molar-refractivity contribution is 0.0953. The van der Waals surface area contributed by atoms with Crippen LogP contribution in [0, 0.1) is 5.82 Å². The van der Waals surface area contributed by atoms with Gasteiger partial charge in [0.25, 0.3) is 5.91 Å². The van der Waals surface area contributed by atoms with Gasteiger partial charge in [-0.05, 0) is 30.2 Å². The number of carbonyl (C=O) groups is 1. The van der Waals surface area contributed by atoms with Gasteiger partial charge in [-0.2, -0.15) is 10.2 Å². The average molecular weight is 455 g/mol. The summed E-state index contributed by atoms with van der Waals surface area (Å²) in [6.07, 6.45) is 4.50. The Labute approximate surface area is 195 Å². The Balaban J connectivity index is 1.62. The quantitative estimate of drug-likeness (QED) is 0.320. The van der Waals surface area contributed by atoms with Crippen molar-refractivity contribution in [3.8, 4) is 0 Å². The van der Waals surface area contributed by atoms with Gasteiger partial charge in [-0.25, -0.2) is 9.82 Å². The third kappa shape index (κ3) is 5.07. The van der Waals surface area contributed by atoms with Crippen molar-refractivity contribution in [3.63, 3.8) is 0 Å². The minimum atomic E-state index is -0.670. The van der Waals surface area contributed by atoms with Crippen LogP contribution < -0.4 is 16.3 Å². The molecule has 8 heteroatoms. The van der Waals surface area contributed by atoms with E-state index in [9.17, 15) is 14.0 Å². The summed E-state index contributed by atoms with van der Waals surface area (Å²) < 4.78 is 16.5. The zero-order chi connectivity index (χ0) is 23.9. The molecule has 0 spiro atoms. The fraction of sp³-hybridized carbons (Fsp3) is 0.0769. The molecule has 0 aliphatic rings. The normalized spacial score (nSPS) is 11.4. The number of aromatic nitrogens is 1. The number of benzene rings is 3. The van der Waals surface area contributed by atoms with Crippen LogP contribution in [0.5, 0.6) is 0 Å². The molecule has 4 rings (SSSR count). The molecule has 0 bridgehead atoms. The Hall–Kier alpha value is -4.59. The molecule has 34 heavy (non-hydrogen) atoms. The first-order valence-electron chi connectivity index (χ1n) is 10.7. The van der Waals surface area contributed by atoms with Crippen LogP contribution in [-0.2, 0) is 6.54 Å². The molecule has 2 N–H and O–H groups in total. The standard InChI is InChI=1S/C26H22FN5O2/c1-2-32-17-21(26(34)31-29-16-19-11-7-4-8-12-19)25(33)20-13-22(27)23(14-24(20)32)30-28-15-18-9-5-3-6-10-18/h3-17,30H,2H2,1H3,(H,31,34)/b28-15-,29-16-. The fourth-order valence-electron chi connectivity index (χ4n) is 3.40. The number of nitrogens with zero attached hydrogens (tertiary/aromatic N) is 3. The maximum atomic E-state index is 14.8. The van der Waals surface area contributed by atoms with E-state index in [0.717, 1.165) is 17.2 Å². The summed E-state index contributed by atoms with van der Waals surface area (Å²) in [6.45, 7) is 2.33. The lowest BCUT2D eigenvalue weighted by Crippen LogP contribution is -2.27. The third-order valence-corrected chi connectivity index (χ3v) is 5.13. The molecular weight excluding hydrogens is 433 g/mol. The van der Waals surface area contributed by atoms with Gasteiger partial charge in [0.2, 0.25) is 5.43 Å². The van der Waals surface area contributed by atoms with Crippen molar-refractivity contribution in [1.29, 1.82) is 0 Å². The Bertz CT molecular complexity index is 1430. The van der Waals surface area contributed by atoms with E-state index in [2.05, 4.69) is 21.1 Å². The van der Waals surface area contributed by atoms with Crippen molar-refractivity contribution in [2.75, 3.05) is 5.43 Å². The molecule has 1 heterocycles. The molecule has 0 atom stereocenters. The summed E-state index contributed by atoms with van der Waals surface area (Å²) in [6, 6.07) is 21.2. The number of amides is 1. The fourth-order valence-corrected chi connectivity index (χ4v) is 3.40. The van der Waals surface area contributed by atoms with Gasteiger partial charge in [-0.15, -0.1) is 0 Å². The number of fused-ring (bicyclic) bond motifs is 1. The summed E-state index contributed by atoms with van der Waals surface area (Å²) in [5.74, 6) is -1.33. The summed E-state index contributed by atoms with van der Waals surface area (Å²) in [5.41, 5.74) is 6.60. The van der Waals surface area contributed by atoms with Gasteiger partial charge >= 0.3 is 0 Å². The van der Waals surface area contributed by atoms with Crippen LogP contribution >= 0.6 is 0 Å². The molecule has 0 fully saturated rings. The molecular formula is C26H22FN5O2. The predicted molar refractivity (Wildman–Crippen MR) is 133 cm³/mol. The SMILES string of the molecule is CCn1cc(C(=O)N/N=C\c2ccccc2)c(=O)c2cc(F)c(N/N=C\c3ccccc3)cc21. The molecule has 1 aromatic heterocycles. The Morgan fingerprint density at radius 3 is 2.21 bits per heavy atom. The number of hydrogen-bond acceptors (Lipinski definition) is 5. The lowest BCUT2D eigenvalue weighted by atomic mass is 10.1. The number of aryl methyl sites for hydroxylation is 1. The highest BCUT2D eigenvalue weighted by atomic mass is 19.1. The summed E-state index contributed by atoms with van der Waals surface area (Å²) >= 11 is 0. The van der Waals surface area contributed by atoms with Crippen molar-refractivity contribution in [2.24, 2.45) is 10.2 Å². The predicted octanol–water partition coefficient (Wildman–Crippen LogP) is 4.37. The van der Waals surface area contributed by atoms with Crippen LogP contribution in [0.3, 0.4) is 0 Å². The molecule has 0 unspecified atom stereocenters. The van der Waals surface area contributed by atoms with Crippen molar-refractivity contribution in [2.45, 2.75) is 13.5 Å². The smallest absolute Gasteiger partial charge is 0.276 e. The number of hydrazone groups is 2. The molecule has 0 saturated carbocycles. The minimum Gasteiger partial charge on any atom is -0.347 e. The highest BCUT2D eigenvalue weighted by molar-refractivity contribution is 5.98. The van der Waals surface area contributed by atoms with Crippen molar-refractivity contribution < 1.29 is 9.18 Å². The van der Waals surface area contributed by atoms with Gasteiger partial charge < -0.3 is 4.57 Å². The van der Waals surface area contributed by atoms with Crippen LogP contribution in [0.15, 0.2) is 94.0 Å². The lowest BCUT2D eigenvalue weighted by Gasteiger charge is -2.13. The van der Waals surface area contributed by atoms with E-state index in [1.54, 1.807) is 10.8 Å². The second kappa shape index (κ2) is 10.4. The van der Waals surface area contributed by atoms with Crippen LogP contribution in [0.25, 0.3) is 10.9 Å². The molecule has 0 aliphatic carbocycles. The first kappa shape index (κ1) is 22.6. The van der Waals surface area contributed by atoms with Crippen LogP contribution in [-0.4, -0.2) is 22.9 Å². The number of carbonyl (C=O) groups excluding carboxylic acids is 1. The van der Waals surface area contributed by atoms with E-state index in [4.69, 9.17) is 0 Å². The Morgan fingerprint density at radius 2 is 1.59 bits per heavy atom. The van der Waals surface area contributed by atoms with E-state index >= 15 is 0 Å². The summed E-state index contributed by atoms with van der Waals surface area (Å²) in [4.78, 5) is 25.6. The molecule has 1 amide bonds. The van der Waals surface area contributed by atoms with E-state index in [1.807, 2.05) is 67.6 Å². The van der Waals surface area contributed by atoms with Gasteiger partial charge in [-0.1, -0.05) is 60.7 Å². The summed E-state index contributed by atoms with van der Waals surface area (Å²) in [5, 5.41) is 8.09. The molecule has 4 aromatic rings. The van der Waals surface area contributed by atoms with Gasteiger partial charge in [-0.3, -0.25) is 15.0 Å². The maximum absolute atomic E-state index is 14.8. The number of rotatable bonds is 7. The number of anilines is 1. The van der Waals surface area contributed by atoms with Crippen LogP contribution in [0.4, 0.5) is 10.1 Å². The zero-order valence-corrected chi connectivity index (χ0v) is 18.4. The number of nitrogens with one attached hydrogen (secondary N) is 2. The van der Waals surface area contributed by atoms with Gasteiger partial charge in [0, 0.05) is 18.1 Å². The summed E-state index contributed by atoms with van der Waals surface area (Å²) in [7, 11) is 0. The second-order valence-corrected chi connectivity index (χ2v) is 7.40. The first-order valence-corrected chi connectivity index (χ1v) is 10.7. The molecule has 0 saturated heterocycles. The second-order valence-electron chi connectivity index (χ2n) is 7.40. The molecule has 0 aliphatic heterocycles. The van der Waals surface area contributed by atoms with E-state index in [0.29, 0.717) is 12.1 Å². The first-order chi connectivity index (χ1) is 16.6. The van der Waals surface area contributed by atoms with Gasteiger partial charge in [0.15, 0.2) is 0 Å². The van der Waals surface area contributed by atoms with Gasteiger partial charge in [0.05, 0.1) is 23.6 Å². The molecule has 3 aromatic carbocycles. The number of halogens is 1. The van der Waals surface area contributed by atoms with Crippen LogP contribution in [0.1, 0.15) is 28.4 Å². The van der Waals surface area contributed by atoms with Crippen molar-refractivity contribution in [3.05, 3.63) is 112 Å². The monoisotopic (exact) mass is 455 g/mol. The van der Waals surface area contributed by atoms with Crippen LogP contribution in [0.2, 0.25) is 0 Å². The Morgan fingerprint density at radius 1 is 0.971 bits per heavy atom. The van der Waals surface area contributed by atoms with Crippen molar-refractivity contribution >= 4 is 34.9 Å². The third-order valence-electron chi connectivity index (χ3n) is 5.13. The molecule has 7 nitrogen and oxygen atoms in total. The van der Waals surface area contributed by atoms with E-state index < -0.39 is 17.2 Å². The number of hydrogen-bond donors (Lipinski definition) is 2. The minimum absolute atomic E-state index is 0.0941. The van der Waals surface area contributed by atoms with E-state index in [1.165, 1.54) is 18.5 Å². The topological polar surface area (TPSA) is 87.8 Å². The number of pyridine rings is 1. The zero-order valence-electron chi connectivity index (χ0n) is 18.4. The molecule has 0 radical (unpaired) electrons. The average Bonchev–Trinajstić information content (AvgIpc) is 2.86. The Kier molecular flexibility index (Phi) is 6.88. The maximum Gasteiger partial charge on any atom is 0.276 e. The highest BCUT2D eigenvalue weighted by Gasteiger charge is 2.17. The highest BCUT2D eigenvalue weighted by Crippen LogP contribution is 2.22. The molecule has 170 valence electrons.